The van der Waals surface area contributed by atoms with Gasteiger partial charge in [0.2, 0.25) is 0 Å². The molecule has 0 radical (unpaired) electrons. The molecule has 128 valence electrons. The highest BCUT2D eigenvalue weighted by atomic mass is 16.3. The number of phenolic OH excluding ortho intramolecular Hbond substituents is 1. The first-order valence-electron chi connectivity index (χ1n) is 8.21. The smallest absolute Gasteiger partial charge is 0.254 e. The molecule has 0 saturated carbocycles. The van der Waals surface area contributed by atoms with Gasteiger partial charge in [0.15, 0.2) is 0 Å². The van der Waals surface area contributed by atoms with E-state index in [-0.39, 0.29) is 28.5 Å². The maximum absolute atomic E-state index is 12.8. The van der Waals surface area contributed by atoms with Gasteiger partial charge in [-0.05, 0) is 29.9 Å². The number of phenols is 1. The van der Waals surface area contributed by atoms with Crippen molar-refractivity contribution in [2.24, 2.45) is 0 Å². The Morgan fingerprint density at radius 3 is 1.83 bits per heavy atom. The van der Waals surface area contributed by atoms with Crippen LogP contribution >= 0.6 is 0 Å². The second-order valence-electron chi connectivity index (χ2n) is 8.69. The van der Waals surface area contributed by atoms with E-state index in [0.717, 1.165) is 11.1 Å². The van der Waals surface area contributed by atoms with Gasteiger partial charge in [-0.15, -0.1) is 0 Å². The number of aliphatic hydroxyl groups is 1. The number of aliphatic hydroxyl groups excluding tert-OH is 1. The van der Waals surface area contributed by atoms with Crippen LogP contribution in [-0.2, 0) is 10.8 Å². The van der Waals surface area contributed by atoms with E-state index in [1.54, 1.807) is 17.0 Å². The van der Waals surface area contributed by atoms with Crippen LogP contribution in [0.4, 0.5) is 0 Å². The lowest BCUT2D eigenvalue weighted by molar-refractivity contribution is -0.0357. The predicted octanol–water partition coefficient (Wildman–Crippen LogP) is 3.19. The Morgan fingerprint density at radius 1 is 1.09 bits per heavy atom. The fourth-order valence-electron chi connectivity index (χ4n) is 2.93. The standard InChI is InChI=1S/C19H29NO3/c1-11-15(21)10-20(11)17(23)12-8-13(18(2,3)4)16(22)14(9-12)19(5,6)7/h8-9,11,15,21-22H,10H2,1-7H3. The van der Waals surface area contributed by atoms with Crippen LogP contribution in [0, 0.1) is 0 Å². The third-order valence-corrected chi connectivity index (χ3v) is 4.67. The van der Waals surface area contributed by atoms with Crippen molar-refractivity contribution in [2.75, 3.05) is 6.54 Å². The van der Waals surface area contributed by atoms with Crippen molar-refractivity contribution in [3.63, 3.8) is 0 Å². The molecule has 1 fully saturated rings. The molecule has 1 saturated heterocycles. The number of benzene rings is 1. The predicted molar refractivity (Wildman–Crippen MR) is 92.0 cm³/mol. The average Bonchev–Trinajstić information content (AvgIpc) is 2.41. The molecule has 1 heterocycles. The van der Waals surface area contributed by atoms with Gasteiger partial charge >= 0.3 is 0 Å². The second kappa shape index (κ2) is 5.52. The van der Waals surface area contributed by atoms with Crippen LogP contribution < -0.4 is 0 Å². The zero-order chi connectivity index (χ0) is 17.7. The zero-order valence-electron chi connectivity index (χ0n) is 15.3. The summed E-state index contributed by atoms with van der Waals surface area (Å²) in [6, 6.07) is 3.43. The van der Waals surface area contributed by atoms with Gasteiger partial charge in [-0.2, -0.15) is 0 Å². The Balaban J connectivity index is 2.55. The minimum atomic E-state index is -0.444. The molecule has 2 N–H and O–H groups in total. The molecule has 0 aromatic heterocycles. The van der Waals surface area contributed by atoms with E-state index >= 15 is 0 Å². The number of amides is 1. The van der Waals surface area contributed by atoms with Crippen LogP contribution in [0.1, 0.15) is 70.0 Å². The van der Waals surface area contributed by atoms with Crippen molar-refractivity contribution in [3.8, 4) is 5.75 Å². The van der Waals surface area contributed by atoms with Crippen LogP contribution in [0.15, 0.2) is 12.1 Å². The number of carbonyl (C=O) groups excluding carboxylic acids is 1. The van der Waals surface area contributed by atoms with E-state index in [4.69, 9.17) is 0 Å². The number of hydrogen-bond donors (Lipinski definition) is 2. The molecule has 1 aromatic carbocycles. The molecule has 2 unspecified atom stereocenters. The monoisotopic (exact) mass is 319 g/mol. The van der Waals surface area contributed by atoms with Crippen molar-refractivity contribution in [1.29, 1.82) is 0 Å². The van der Waals surface area contributed by atoms with E-state index in [2.05, 4.69) is 0 Å². The van der Waals surface area contributed by atoms with Gasteiger partial charge in [0.05, 0.1) is 12.1 Å². The molecule has 1 aliphatic rings. The summed E-state index contributed by atoms with van der Waals surface area (Å²) in [6.07, 6.45) is -0.444. The Labute approximate surface area is 139 Å². The molecule has 4 nitrogen and oxygen atoms in total. The number of nitrogens with zero attached hydrogens (tertiary/aromatic N) is 1. The van der Waals surface area contributed by atoms with Gasteiger partial charge in [0, 0.05) is 23.2 Å². The highest BCUT2D eigenvalue weighted by Crippen LogP contribution is 2.40. The molecule has 2 atom stereocenters. The number of carbonyl (C=O) groups is 1. The van der Waals surface area contributed by atoms with Crippen molar-refractivity contribution in [2.45, 2.75) is 71.4 Å². The van der Waals surface area contributed by atoms with Crippen molar-refractivity contribution in [3.05, 3.63) is 28.8 Å². The van der Waals surface area contributed by atoms with Crippen molar-refractivity contribution >= 4 is 5.91 Å². The van der Waals surface area contributed by atoms with E-state index in [1.807, 2.05) is 48.5 Å². The van der Waals surface area contributed by atoms with E-state index in [9.17, 15) is 15.0 Å². The summed E-state index contributed by atoms with van der Waals surface area (Å²) in [4.78, 5) is 14.5. The molecule has 2 rings (SSSR count). The largest absolute Gasteiger partial charge is 0.507 e. The summed E-state index contributed by atoms with van der Waals surface area (Å²) in [5.41, 5.74) is 1.61. The lowest BCUT2D eigenvalue weighted by Gasteiger charge is -2.43. The molecule has 0 aliphatic carbocycles. The fraction of sp³-hybridized carbons (Fsp3) is 0.632. The summed E-state index contributed by atoms with van der Waals surface area (Å²) >= 11 is 0. The molecule has 0 spiro atoms. The molecule has 1 aromatic rings. The lowest BCUT2D eigenvalue weighted by atomic mass is 9.78. The second-order valence-corrected chi connectivity index (χ2v) is 8.69. The van der Waals surface area contributed by atoms with E-state index in [0.29, 0.717) is 12.1 Å². The van der Waals surface area contributed by atoms with Gasteiger partial charge in [0.1, 0.15) is 5.75 Å². The minimum Gasteiger partial charge on any atom is -0.507 e. The molecular formula is C19H29NO3. The Bertz CT molecular complexity index is 587. The molecule has 1 amide bonds. The van der Waals surface area contributed by atoms with Gasteiger partial charge in [-0.25, -0.2) is 0 Å². The highest BCUT2D eigenvalue weighted by molar-refractivity contribution is 5.96. The Kier molecular flexibility index (Phi) is 4.27. The number of likely N-dealkylation sites (tertiary alicyclic amines) is 1. The molecule has 0 bridgehead atoms. The summed E-state index contributed by atoms with van der Waals surface area (Å²) in [6.45, 7) is 14.4. The summed E-state index contributed by atoms with van der Waals surface area (Å²) < 4.78 is 0. The highest BCUT2D eigenvalue weighted by Gasteiger charge is 2.38. The molecule has 4 heteroatoms. The number of hydrogen-bond acceptors (Lipinski definition) is 3. The Morgan fingerprint density at radius 2 is 1.52 bits per heavy atom. The van der Waals surface area contributed by atoms with Gasteiger partial charge in [-0.1, -0.05) is 41.5 Å². The molecule has 1 aliphatic heterocycles. The van der Waals surface area contributed by atoms with Crippen molar-refractivity contribution < 1.29 is 15.0 Å². The third kappa shape index (κ3) is 3.23. The number of aromatic hydroxyl groups is 1. The number of β-amino-alcohol motifs (C(OH)–C–C–N with tert-alkyl or cyclic N) is 1. The van der Waals surface area contributed by atoms with Gasteiger partial charge < -0.3 is 15.1 Å². The first-order valence-corrected chi connectivity index (χ1v) is 8.21. The maximum Gasteiger partial charge on any atom is 0.254 e. The van der Waals surface area contributed by atoms with Crippen LogP contribution in [0.3, 0.4) is 0 Å². The quantitative estimate of drug-likeness (QED) is 0.835. The first kappa shape index (κ1) is 17.8. The first-order chi connectivity index (χ1) is 10.3. The van der Waals surface area contributed by atoms with E-state index < -0.39 is 6.10 Å². The van der Waals surface area contributed by atoms with Gasteiger partial charge in [-0.3, -0.25) is 4.79 Å². The Hall–Kier alpha value is -1.55. The summed E-state index contributed by atoms with van der Waals surface area (Å²) in [5, 5.41) is 20.4. The normalized spacial score (nSPS) is 22.0. The van der Waals surface area contributed by atoms with Crippen molar-refractivity contribution in [1.82, 2.24) is 4.90 Å². The SMILES string of the molecule is CC1C(O)CN1C(=O)c1cc(C(C)(C)C)c(O)c(C(C)(C)C)c1. The summed E-state index contributed by atoms with van der Waals surface area (Å²) in [7, 11) is 0. The minimum absolute atomic E-state index is 0.0844. The molecule has 23 heavy (non-hydrogen) atoms. The van der Waals surface area contributed by atoms with Gasteiger partial charge in [0.25, 0.3) is 5.91 Å². The van der Waals surface area contributed by atoms with Crippen LogP contribution in [0.2, 0.25) is 0 Å². The van der Waals surface area contributed by atoms with Crippen LogP contribution in [0.25, 0.3) is 0 Å². The topological polar surface area (TPSA) is 60.8 Å². The van der Waals surface area contributed by atoms with Crippen LogP contribution in [0.5, 0.6) is 5.75 Å². The fourth-order valence-corrected chi connectivity index (χ4v) is 2.93. The number of rotatable bonds is 1. The third-order valence-electron chi connectivity index (χ3n) is 4.67. The average molecular weight is 319 g/mol. The van der Waals surface area contributed by atoms with Crippen LogP contribution in [-0.4, -0.2) is 39.7 Å². The lowest BCUT2D eigenvalue weighted by Crippen LogP contribution is -2.60. The molecular weight excluding hydrogens is 290 g/mol. The zero-order valence-corrected chi connectivity index (χ0v) is 15.3. The van der Waals surface area contributed by atoms with E-state index in [1.165, 1.54) is 0 Å². The maximum atomic E-state index is 12.8. The summed E-state index contributed by atoms with van der Waals surface area (Å²) in [5.74, 6) is 0.192.